The molecule has 1 aromatic heterocycles. The number of fused-ring (bicyclic) bond motifs is 1. The zero-order chi connectivity index (χ0) is 10.8. The summed E-state index contributed by atoms with van der Waals surface area (Å²) in [6, 6.07) is 1.53. The van der Waals surface area contributed by atoms with Crippen molar-refractivity contribution in [1.82, 2.24) is 4.98 Å². The summed E-state index contributed by atoms with van der Waals surface area (Å²) < 4.78 is 0. The van der Waals surface area contributed by atoms with Gasteiger partial charge in [-0.2, -0.15) is 0 Å². The van der Waals surface area contributed by atoms with E-state index in [0.29, 0.717) is 17.8 Å². The zero-order valence-electron chi connectivity index (χ0n) is 7.86. The summed E-state index contributed by atoms with van der Waals surface area (Å²) in [5.74, 6) is -0.693. The highest BCUT2D eigenvalue weighted by Crippen LogP contribution is 2.19. The summed E-state index contributed by atoms with van der Waals surface area (Å²) in [5, 5.41) is 2.65. The Morgan fingerprint density at radius 3 is 3.07 bits per heavy atom. The minimum Gasteiger partial charge on any atom is -0.366 e. The highest BCUT2D eigenvalue weighted by atomic mass is 16.2. The molecule has 0 aromatic carbocycles. The molecule has 0 atom stereocenters. The second kappa shape index (κ2) is 3.53. The Balaban J connectivity index is 2.48. The van der Waals surface area contributed by atoms with Crippen LogP contribution >= 0.6 is 0 Å². The van der Waals surface area contributed by atoms with Gasteiger partial charge in [-0.05, 0) is 12.1 Å². The van der Waals surface area contributed by atoms with Gasteiger partial charge < -0.3 is 11.1 Å². The molecule has 0 saturated heterocycles. The number of hydrogen-bond donors (Lipinski definition) is 2. The normalized spacial score (nSPS) is 14.0. The number of nitrogens with two attached hydrogens (primary N) is 1. The Morgan fingerprint density at radius 1 is 1.53 bits per heavy atom. The molecule has 1 aromatic rings. The average molecular weight is 203 g/mol. The van der Waals surface area contributed by atoms with E-state index >= 15 is 0 Å². The number of carbonyl (C=O) groups is 2. The molecule has 1 aliphatic heterocycles. The molecule has 15 heavy (non-hydrogen) atoms. The largest absolute Gasteiger partial charge is 0.366 e. The lowest BCUT2D eigenvalue weighted by molar-refractivity contribution is -0.115. The van der Waals surface area contributed by atoms with Crippen molar-refractivity contribution in [2.24, 2.45) is 5.73 Å². The molecule has 2 heterocycles. The average Bonchev–Trinajstić information content (AvgIpc) is 2.37. The van der Waals surface area contributed by atoms with Crippen molar-refractivity contribution in [1.29, 1.82) is 0 Å². The summed E-state index contributed by atoms with van der Waals surface area (Å²) in [5.41, 5.74) is 6.54. The van der Waals surface area contributed by atoms with Crippen LogP contribution in [0.1, 0.15) is 22.5 Å². The second-order valence-electron chi connectivity index (χ2n) is 3.18. The Morgan fingerprint density at radius 2 is 2.33 bits per heavy atom. The molecule has 1 aliphatic rings. The van der Waals surface area contributed by atoms with E-state index in [9.17, 15) is 9.59 Å². The maximum atomic E-state index is 11.2. The van der Waals surface area contributed by atoms with Gasteiger partial charge in [0, 0.05) is 12.6 Å². The van der Waals surface area contributed by atoms with Crippen LogP contribution in [0.15, 0.2) is 18.3 Å². The maximum Gasteiger partial charge on any atom is 0.250 e. The summed E-state index contributed by atoms with van der Waals surface area (Å²) in [4.78, 5) is 26.2. The number of nitrogens with one attached hydrogen (secondary N) is 1. The van der Waals surface area contributed by atoms with E-state index in [1.807, 2.05) is 0 Å². The van der Waals surface area contributed by atoms with Crippen LogP contribution in [0.2, 0.25) is 0 Å². The minimum absolute atomic E-state index is 0.131. The molecule has 2 amide bonds. The number of amides is 2. The van der Waals surface area contributed by atoms with Crippen molar-refractivity contribution in [3.05, 3.63) is 29.6 Å². The summed E-state index contributed by atoms with van der Waals surface area (Å²) in [7, 11) is 0. The third-order valence-electron chi connectivity index (χ3n) is 2.06. The van der Waals surface area contributed by atoms with Gasteiger partial charge in [0.2, 0.25) is 11.8 Å². The van der Waals surface area contributed by atoms with Crippen molar-refractivity contribution in [2.75, 3.05) is 5.32 Å². The van der Waals surface area contributed by atoms with Crippen LogP contribution < -0.4 is 11.1 Å². The molecular formula is C10H9N3O2. The van der Waals surface area contributed by atoms with Gasteiger partial charge in [0.1, 0.15) is 0 Å². The number of pyridine rings is 1. The number of nitrogens with zero attached hydrogens (tertiary/aromatic N) is 1. The van der Waals surface area contributed by atoms with Crippen molar-refractivity contribution in [3.8, 4) is 0 Å². The molecule has 2 rings (SSSR count). The molecule has 0 spiro atoms. The Bertz CT molecular complexity index is 466. The molecule has 76 valence electrons. The summed E-state index contributed by atoms with van der Waals surface area (Å²) in [6.45, 7) is 0. The van der Waals surface area contributed by atoms with E-state index in [1.165, 1.54) is 12.3 Å². The van der Waals surface area contributed by atoms with Gasteiger partial charge in [-0.25, -0.2) is 0 Å². The van der Waals surface area contributed by atoms with Crippen LogP contribution in [0, 0.1) is 0 Å². The first-order chi connectivity index (χ1) is 7.16. The van der Waals surface area contributed by atoms with E-state index in [1.54, 1.807) is 12.2 Å². The van der Waals surface area contributed by atoms with Crippen LogP contribution in [0.4, 0.5) is 5.69 Å². The molecule has 0 unspecified atom stereocenters. The van der Waals surface area contributed by atoms with Gasteiger partial charge in [-0.3, -0.25) is 14.6 Å². The van der Waals surface area contributed by atoms with Gasteiger partial charge >= 0.3 is 0 Å². The molecule has 0 radical (unpaired) electrons. The number of carbonyl (C=O) groups excluding carboxylic acids is 2. The quantitative estimate of drug-likeness (QED) is 0.698. The maximum absolute atomic E-state index is 11.2. The molecule has 3 N–H and O–H groups in total. The van der Waals surface area contributed by atoms with Gasteiger partial charge in [0.05, 0.1) is 16.9 Å². The molecular weight excluding hydrogens is 194 g/mol. The monoisotopic (exact) mass is 203 g/mol. The number of rotatable bonds is 1. The second-order valence-corrected chi connectivity index (χ2v) is 3.18. The molecule has 0 aliphatic carbocycles. The van der Waals surface area contributed by atoms with Gasteiger partial charge in [0.25, 0.3) is 0 Å². The molecule has 0 bridgehead atoms. The SMILES string of the molecule is NC(=O)c1cnc2c(c1)NC(=O)CC=C2. The van der Waals surface area contributed by atoms with Crippen molar-refractivity contribution in [2.45, 2.75) is 6.42 Å². The first-order valence-electron chi connectivity index (χ1n) is 4.43. The van der Waals surface area contributed by atoms with E-state index in [-0.39, 0.29) is 11.5 Å². The number of aromatic nitrogens is 1. The summed E-state index contributed by atoms with van der Waals surface area (Å²) >= 11 is 0. The number of hydrogen-bond acceptors (Lipinski definition) is 3. The Labute approximate surface area is 86.0 Å². The highest BCUT2D eigenvalue weighted by molar-refractivity contribution is 5.98. The van der Waals surface area contributed by atoms with E-state index in [0.717, 1.165) is 0 Å². The lowest BCUT2D eigenvalue weighted by Crippen LogP contribution is -2.14. The minimum atomic E-state index is -0.562. The third kappa shape index (κ3) is 1.85. The first kappa shape index (κ1) is 9.39. The molecule has 0 saturated carbocycles. The van der Waals surface area contributed by atoms with E-state index in [2.05, 4.69) is 10.3 Å². The number of anilines is 1. The predicted molar refractivity (Wildman–Crippen MR) is 55.0 cm³/mol. The molecule has 5 heteroatoms. The van der Waals surface area contributed by atoms with Gasteiger partial charge in [0.15, 0.2) is 0 Å². The van der Waals surface area contributed by atoms with Gasteiger partial charge in [-0.15, -0.1) is 0 Å². The fraction of sp³-hybridized carbons (Fsp3) is 0.100. The van der Waals surface area contributed by atoms with Crippen molar-refractivity contribution >= 4 is 23.6 Å². The van der Waals surface area contributed by atoms with E-state index in [4.69, 9.17) is 5.73 Å². The van der Waals surface area contributed by atoms with Crippen molar-refractivity contribution < 1.29 is 9.59 Å². The fourth-order valence-corrected chi connectivity index (χ4v) is 1.32. The fourth-order valence-electron chi connectivity index (χ4n) is 1.32. The topological polar surface area (TPSA) is 85.1 Å². The van der Waals surface area contributed by atoms with E-state index < -0.39 is 5.91 Å². The standard InChI is InChI=1S/C10H9N3O2/c11-10(15)6-4-8-7(12-5-6)2-1-3-9(14)13-8/h1-2,4-5H,3H2,(H2,11,15)(H,13,14). The smallest absolute Gasteiger partial charge is 0.250 e. The van der Waals surface area contributed by atoms with Crippen LogP contribution in [-0.2, 0) is 4.79 Å². The highest BCUT2D eigenvalue weighted by Gasteiger charge is 2.11. The summed E-state index contributed by atoms with van der Waals surface area (Å²) in [6.07, 6.45) is 5.15. The van der Waals surface area contributed by atoms with Crippen LogP contribution in [-0.4, -0.2) is 16.8 Å². The lowest BCUT2D eigenvalue weighted by Gasteiger charge is -2.05. The van der Waals surface area contributed by atoms with Gasteiger partial charge in [-0.1, -0.05) is 6.08 Å². The third-order valence-corrected chi connectivity index (χ3v) is 2.06. The van der Waals surface area contributed by atoms with Crippen LogP contribution in [0.3, 0.4) is 0 Å². The van der Waals surface area contributed by atoms with Crippen LogP contribution in [0.25, 0.3) is 6.08 Å². The lowest BCUT2D eigenvalue weighted by atomic mass is 10.2. The number of primary amides is 1. The zero-order valence-corrected chi connectivity index (χ0v) is 7.86. The molecule has 0 fully saturated rings. The molecule has 5 nitrogen and oxygen atoms in total. The Hall–Kier alpha value is -2.17. The van der Waals surface area contributed by atoms with Crippen molar-refractivity contribution in [3.63, 3.8) is 0 Å². The first-order valence-corrected chi connectivity index (χ1v) is 4.43. The predicted octanol–water partition coefficient (Wildman–Crippen LogP) is 0.536. The Kier molecular flexibility index (Phi) is 2.21. The van der Waals surface area contributed by atoms with Crippen LogP contribution in [0.5, 0.6) is 0 Å².